The van der Waals surface area contributed by atoms with Crippen molar-refractivity contribution in [1.29, 1.82) is 0 Å². The molecular weight excluding hydrogens is 374 g/mol. The summed E-state index contributed by atoms with van der Waals surface area (Å²) >= 11 is 0. The van der Waals surface area contributed by atoms with Crippen LogP contribution in [0, 0.1) is 0 Å². The van der Waals surface area contributed by atoms with Gasteiger partial charge in [-0.25, -0.2) is 8.42 Å². The van der Waals surface area contributed by atoms with E-state index in [2.05, 4.69) is 20.8 Å². The Hall–Kier alpha value is -1.15. The SMILES string of the molecule is CC(C)(C)c1ccc(S(=O)(=O)N2CCN(C(=O)C3(N)CC3)CC2)cc1.Cl. The first kappa shape index (κ1) is 21.2. The summed E-state index contributed by atoms with van der Waals surface area (Å²) in [7, 11) is -3.53. The number of amides is 1. The van der Waals surface area contributed by atoms with Crippen LogP contribution in [0.2, 0.25) is 0 Å². The van der Waals surface area contributed by atoms with Crippen LogP contribution in [0.3, 0.4) is 0 Å². The zero-order chi connectivity index (χ0) is 18.5. The Labute approximate surface area is 162 Å². The molecule has 8 heteroatoms. The molecule has 2 fully saturated rings. The monoisotopic (exact) mass is 401 g/mol. The first-order valence-corrected chi connectivity index (χ1v) is 10.2. The van der Waals surface area contributed by atoms with Gasteiger partial charge < -0.3 is 10.6 Å². The number of rotatable bonds is 3. The van der Waals surface area contributed by atoms with Gasteiger partial charge >= 0.3 is 0 Å². The summed E-state index contributed by atoms with van der Waals surface area (Å²) in [6.45, 7) is 7.70. The molecule has 26 heavy (non-hydrogen) atoms. The number of nitrogens with two attached hydrogens (primary N) is 1. The fourth-order valence-electron chi connectivity index (χ4n) is 3.07. The Morgan fingerprint density at radius 1 is 1.04 bits per heavy atom. The van der Waals surface area contributed by atoms with Crippen LogP contribution in [0.4, 0.5) is 0 Å². The highest BCUT2D eigenvalue weighted by molar-refractivity contribution is 7.89. The molecule has 1 aliphatic heterocycles. The summed E-state index contributed by atoms with van der Waals surface area (Å²) in [4.78, 5) is 14.3. The smallest absolute Gasteiger partial charge is 0.243 e. The van der Waals surface area contributed by atoms with Crippen molar-refractivity contribution in [2.24, 2.45) is 5.73 Å². The van der Waals surface area contributed by atoms with E-state index >= 15 is 0 Å². The van der Waals surface area contributed by atoms with E-state index < -0.39 is 15.6 Å². The van der Waals surface area contributed by atoms with Crippen molar-refractivity contribution in [2.45, 2.75) is 49.5 Å². The standard InChI is InChI=1S/C18H27N3O3S.ClH/c1-17(2,3)14-4-6-15(7-5-14)25(23,24)21-12-10-20(11-13-21)16(22)18(19)8-9-18;/h4-7H,8-13,19H2,1-3H3;1H. The number of carbonyl (C=O) groups excluding carboxylic acids is 1. The molecule has 1 saturated carbocycles. The molecule has 2 N–H and O–H groups in total. The van der Waals surface area contributed by atoms with Crippen LogP contribution in [-0.2, 0) is 20.2 Å². The highest BCUT2D eigenvalue weighted by atomic mass is 35.5. The van der Waals surface area contributed by atoms with Gasteiger partial charge in [0, 0.05) is 26.2 Å². The third kappa shape index (κ3) is 4.06. The Morgan fingerprint density at radius 2 is 1.54 bits per heavy atom. The highest BCUT2D eigenvalue weighted by Gasteiger charge is 2.48. The highest BCUT2D eigenvalue weighted by Crippen LogP contribution is 2.34. The fourth-order valence-corrected chi connectivity index (χ4v) is 4.49. The van der Waals surface area contributed by atoms with Crippen molar-refractivity contribution >= 4 is 28.3 Å². The Morgan fingerprint density at radius 3 is 1.96 bits per heavy atom. The lowest BCUT2D eigenvalue weighted by Gasteiger charge is -2.35. The quantitative estimate of drug-likeness (QED) is 0.835. The zero-order valence-corrected chi connectivity index (χ0v) is 17.2. The van der Waals surface area contributed by atoms with E-state index in [0.717, 1.165) is 18.4 Å². The molecule has 3 rings (SSSR count). The van der Waals surface area contributed by atoms with Gasteiger partial charge in [-0.2, -0.15) is 4.31 Å². The van der Waals surface area contributed by atoms with E-state index in [4.69, 9.17) is 5.73 Å². The molecule has 1 aromatic rings. The normalized spacial score (nSPS) is 20.4. The minimum absolute atomic E-state index is 0. The van der Waals surface area contributed by atoms with Gasteiger partial charge in [0.05, 0.1) is 10.4 Å². The molecule has 0 aromatic heterocycles. The van der Waals surface area contributed by atoms with E-state index in [9.17, 15) is 13.2 Å². The first-order valence-electron chi connectivity index (χ1n) is 8.73. The van der Waals surface area contributed by atoms with Gasteiger partial charge in [-0.15, -0.1) is 12.4 Å². The number of benzene rings is 1. The molecule has 2 aliphatic rings. The molecule has 0 spiro atoms. The number of sulfonamides is 1. The maximum atomic E-state index is 12.8. The Bertz CT molecular complexity index is 760. The number of carbonyl (C=O) groups is 1. The predicted molar refractivity (Wildman–Crippen MR) is 104 cm³/mol. The van der Waals surface area contributed by atoms with Crippen LogP contribution in [0.5, 0.6) is 0 Å². The molecule has 0 atom stereocenters. The average Bonchev–Trinajstić information content (AvgIpc) is 3.32. The second kappa shape index (κ2) is 7.11. The second-order valence-electron chi connectivity index (χ2n) is 8.13. The first-order chi connectivity index (χ1) is 11.5. The van der Waals surface area contributed by atoms with Crippen molar-refractivity contribution in [3.63, 3.8) is 0 Å². The average molecular weight is 402 g/mol. The minimum atomic E-state index is -3.53. The molecule has 146 valence electrons. The van der Waals surface area contributed by atoms with E-state index in [1.54, 1.807) is 17.0 Å². The van der Waals surface area contributed by atoms with Crippen LogP contribution < -0.4 is 5.73 Å². The second-order valence-corrected chi connectivity index (χ2v) is 10.1. The lowest BCUT2D eigenvalue weighted by molar-refractivity contribution is -0.134. The summed E-state index contributed by atoms with van der Waals surface area (Å²) in [5.41, 5.74) is 6.35. The van der Waals surface area contributed by atoms with Gasteiger partial charge in [0.2, 0.25) is 15.9 Å². The van der Waals surface area contributed by atoms with Crippen LogP contribution in [0.1, 0.15) is 39.2 Å². The lowest BCUT2D eigenvalue weighted by Crippen LogP contribution is -2.55. The molecule has 1 saturated heterocycles. The van der Waals surface area contributed by atoms with E-state index in [1.165, 1.54) is 4.31 Å². The van der Waals surface area contributed by atoms with Crippen LogP contribution in [0.25, 0.3) is 0 Å². The van der Waals surface area contributed by atoms with E-state index in [-0.39, 0.29) is 23.7 Å². The summed E-state index contributed by atoms with van der Waals surface area (Å²) in [6, 6.07) is 7.09. The summed E-state index contributed by atoms with van der Waals surface area (Å²) in [5.74, 6) is -0.0425. The van der Waals surface area contributed by atoms with E-state index in [1.807, 2.05) is 12.1 Å². The van der Waals surface area contributed by atoms with Crippen molar-refractivity contribution in [3.05, 3.63) is 29.8 Å². The third-order valence-electron chi connectivity index (χ3n) is 5.10. The van der Waals surface area contributed by atoms with Gasteiger partial charge in [-0.3, -0.25) is 4.79 Å². The molecule has 1 amide bonds. The molecule has 6 nitrogen and oxygen atoms in total. The number of piperazine rings is 1. The molecule has 1 aliphatic carbocycles. The van der Waals surface area contributed by atoms with Gasteiger partial charge in [0.1, 0.15) is 0 Å². The number of nitrogens with zero attached hydrogens (tertiary/aromatic N) is 2. The topological polar surface area (TPSA) is 83.7 Å². The lowest BCUT2D eigenvalue weighted by atomic mass is 9.87. The van der Waals surface area contributed by atoms with Gasteiger partial charge in [0.25, 0.3) is 0 Å². The van der Waals surface area contributed by atoms with Crippen molar-refractivity contribution < 1.29 is 13.2 Å². The molecule has 0 radical (unpaired) electrons. The molecular formula is C18H28ClN3O3S. The minimum Gasteiger partial charge on any atom is -0.338 e. The maximum Gasteiger partial charge on any atom is 0.243 e. The van der Waals surface area contributed by atoms with Crippen LogP contribution >= 0.6 is 12.4 Å². The van der Waals surface area contributed by atoms with Crippen molar-refractivity contribution in [1.82, 2.24) is 9.21 Å². The van der Waals surface area contributed by atoms with Gasteiger partial charge in [-0.05, 0) is 36.0 Å². The van der Waals surface area contributed by atoms with Crippen molar-refractivity contribution in [2.75, 3.05) is 26.2 Å². The molecule has 0 bridgehead atoms. The van der Waals surface area contributed by atoms with E-state index in [0.29, 0.717) is 31.1 Å². The summed E-state index contributed by atoms with van der Waals surface area (Å²) < 4.78 is 27.1. The summed E-state index contributed by atoms with van der Waals surface area (Å²) in [6.07, 6.45) is 1.45. The van der Waals surface area contributed by atoms with Crippen molar-refractivity contribution in [3.8, 4) is 0 Å². The van der Waals surface area contributed by atoms with Crippen LogP contribution in [-0.4, -0.2) is 55.2 Å². The summed E-state index contributed by atoms with van der Waals surface area (Å²) in [5, 5.41) is 0. The fraction of sp³-hybridized carbons (Fsp3) is 0.611. The Balaban J connectivity index is 0.00000243. The number of hydrogen-bond donors (Lipinski definition) is 1. The predicted octanol–water partition coefficient (Wildman–Crippen LogP) is 1.73. The molecule has 0 unspecified atom stereocenters. The third-order valence-corrected chi connectivity index (χ3v) is 7.01. The Kier molecular flexibility index (Phi) is 5.78. The number of halogens is 1. The zero-order valence-electron chi connectivity index (χ0n) is 15.6. The van der Waals surface area contributed by atoms with Crippen LogP contribution in [0.15, 0.2) is 29.2 Å². The largest absolute Gasteiger partial charge is 0.338 e. The molecule has 1 heterocycles. The van der Waals surface area contributed by atoms with Gasteiger partial charge in [0.15, 0.2) is 0 Å². The molecule has 1 aromatic carbocycles. The maximum absolute atomic E-state index is 12.8. The number of hydrogen-bond acceptors (Lipinski definition) is 4. The van der Waals surface area contributed by atoms with Gasteiger partial charge in [-0.1, -0.05) is 32.9 Å².